The van der Waals surface area contributed by atoms with E-state index in [4.69, 9.17) is 0 Å². The minimum atomic E-state index is 0. The molecule has 0 aromatic heterocycles. The van der Waals surface area contributed by atoms with E-state index in [9.17, 15) is 0 Å². The van der Waals surface area contributed by atoms with Crippen LogP contribution in [-0.2, 0) is 29.5 Å². The second kappa shape index (κ2) is 288. The second-order valence-corrected chi connectivity index (χ2v) is 0. The van der Waals surface area contributed by atoms with E-state index in [0.717, 1.165) is 0 Å². The summed E-state index contributed by atoms with van der Waals surface area (Å²) in [6.45, 7) is 0. The van der Waals surface area contributed by atoms with E-state index < -0.39 is 0 Å². The molecule has 0 bridgehead atoms. The number of rotatable bonds is 0. The summed E-state index contributed by atoms with van der Waals surface area (Å²) in [5.74, 6) is 0. The van der Waals surface area contributed by atoms with Crippen molar-refractivity contribution in [2.75, 3.05) is 0 Å². The van der Waals surface area contributed by atoms with Crippen LogP contribution in [-0.4, -0.2) is 5.48 Å². The Morgan fingerprint density at radius 3 is 0.800 bits per heavy atom. The normalized spacial score (nSPS) is 0. The minimum absolute atomic E-state index is 0. The predicted molar refractivity (Wildman–Crippen MR) is 9.29 cm³/mol. The van der Waals surface area contributed by atoms with Crippen molar-refractivity contribution in [2.45, 2.75) is 0 Å². The van der Waals surface area contributed by atoms with Gasteiger partial charge < -0.3 is 22.6 Å². The van der Waals surface area contributed by atoms with Gasteiger partial charge in [-0.1, -0.05) is 0 Å². The molecule has 0 amide bonds. The summed E-state index contributed by atoms with van der Waals surface area (Å²) in [4.78, 5) is 0. The molecule has 0 aliphatic heterocycles. The monoisotopic (exact) mass is 118 g/mol. The summed E-state index contributed by atoms with van der Waals surface area (Å²) in [5.41, 5.74) is 0. The fraction of sp³-hybridized carbons (Fsp3) is 0. The van der Waals surface area contributed by atoms with Crippen molar-refractivity contribution >= 4 is 0 Å². The van der Waals surface area contributed by atoms with Gasteiger partial charge in [-0.05, 0) is 0 Å². The third-order valence-electron chi connectivity index (χ3n) is 0. The van der Waals surface area contributed by atoms with Gasteiger partial charge in [0.2, 0.25) is 0 Å². The number of hydrogen-bond donors (Lipinski definition) is 1. The first-order chi connectivity index (χ1) is 0. The maximum Gasteiger partial charge on any atom is 4.00 e. The molecular weight excluding hydrogens is 113 g/mol. The molecule has 0 spiro atoms. The van der Waals surface area contributed by atoms with Gasteiger partial charge >= 0.3 is 18.6 Å². The van der Waals surface area contributed by atoms with Crippen LogP contribution < -0.4 is 6.15 Å². The Morgan fingerprint density at radius 2 is 0.800 bits per heavy atom. The van der Waals surface area contributed by atoms with Crippen LogP contribution in [0.2, 0.25) is 0 Å². The molecule has 33 valence electrons. The van der Waals surface area contributed by atoms with Crippen LogP contribution in [0, 0.1) is 0 Å². The zero-order valence-electron chi connectivity index (χ0n) is 2.71. The van der Waals surface area contributed by atoms with Crippen LogP contribution in [0.3, 0.4) is 0 Å². The van der Waals surface area contributed by atoms with Crippen molar-refractivity contribution in [3.63, 3.8) is 0 Å². The third-order valence-corrected chi connectivity index (χ3v) is 0. The fourth-order valence-corrected chi connectivity index (χ4v) is 0. The number of hydrogen-bond acceptors (Lipinski definition) is 1. The van der Waals surface area contributed by atoms with Crippen molar-refractivity contribution in [1.82, 2.24) is 6.15 Å². The molecule has 4 nitrogen and oxygen atoms in total. The first-order valence-electron chi connectivity index (χ1n) is 0. The first-order valence-corrected chi connectivity index (χ1v) is 0. The molecular formula is H5NO3V. The molecule has 0 aromatic rings. The molecule has 0 aromatic carbocycles. The third kappa shape index (κ3) is 144. The van der Waals surface area contributed by atoms with E-state index in [2.05, 4.69) is 0 Å². The topological polar surface area (TPSA) is 124 Å². The van der Waals surface area contributed by atoms with Crippen LogP contribution in [0.4, 0.5) is 0 Å². The molecule has 0 aliphatic rings. The molecule has 1 radical (unpaired) electrons. The van der Waals surface area contributed by atoms with Crippen molar-refractivity contribution in [2.24, 2.45) is 0 Å². The Hall–Kier alpha value is 0.424. The van der Waals surface area contributed by atoms with E-state index >= 15 is 0 Å². The standard InChI is InChI=1S/H3N.H2O.2O.V/h1H3;1H2;;;/q;;2*-2;+4. The van der Waals surface area contributed by atoms with E-state index in [1.54, 1.807) is 0 Å². The Labute approximate surface area is 42.0 Å². The molecule has 0 fully saturated rings. The van der Waals surface area contributed by atoms with Gasteiger partial charge in [0.25, 0.3) is 0 Å². The average molecular weight is 118 g/mol. The number of quaternary nitrogens is 1. The molecule has 0 unspecified atom stereocenters. The molecule has 0 rings (SSSR count). The molecule has 5 N–H and O–H groups in total. The predicted octanol–water partition coefficient (Wildman–Crippen LogP) is -0.0407. The van der Waals surface area contributed by atoms with E-state index in [1.165, 1.54) is 0 Å². The summed E-state index contributed by atoms with van der Waals surface area (Å²) >= 11 is 0. The largest absolute Gasteiger partial charge is 4.00 e. The van der Waals surface area contributed by atoms with Crippen LogP contribution in [0.15, 0.2) is 0 Å². The first kappa shape index (κ1) is 589. The van der Waals surface area contributed by atoms with Crippen molar-refractivity contribution in [3.05, 3.63) is 0 Å². The van der Waals surface area contributed by atoms with Gasteiger partial charge in [0.15, 0.2) is 0 Å². The smallest absolute Gasteiger partial charge is 2.00 e. The molecule has 0 saturated carbocycles. The van der Waals surface area contributed by atoms with Gasteiger partial charge in [0.05, 0.1) is 0 Å². The molecule has 0 aliphatic carbocycles. The van der Waals surface area contributed by atoms with Gasteiger partial charge in [-0.3, -0.25) is 0 Å². The Bertz CT molecular complexity index is 6.85. The Kier molecular flexibility index (Phi) is 34000. The van der Waals surface area contributed by atoms with Gasteiger partial charge in [-0.15, -0.1) is 0 Å². The fourth-order valence-electron chi connectivity index (χ4n) is 0. The minimum Gasteiger partial charge on any atom is -2.00 e. The Morgan fingerprint density at radius 1 is 0.800 bits per heavy atom. The van der Waals surface area contributed by atoms with E-state index in [-0.39, 0.29) is 41.1 Å². The van der Waals surface area contributed by atoms with Gasteiger partial charge in [0, 0.05) is 0 Å². The second-order valence-electron chi connectivity index (χ2n) is 0. The van der Waals surface area contributed by atoms with Gasteiger partial charge in [-0.2, -0.15) is 0 Å². The SMILES string of the molecule is [NH4+].[O-2].[O-2].[OH-].[V+4]. The van der Waals surface area contributed by atoms with Crippen LogP contribution in [0.5, 0.6) is 0 Å². The zero-order valence-corrected chi connectivity index (χ0v) is 4.11. The summed E-state index contributed by atoms with van der Waals surface area (Å²) in [6.07, 6.45) is 0. The average Bonchev–Trinajstić information content (AvgIpc) is 0. The van der Waals surface area contributed by atoms with Crippen molar-refractivity contribution in [3.8, 4) is 0 Å². The summed E-state index contributed by atoms with van der Waals surface area (Å²) in [7, 11) is 0. The maximum absolute atomic E-state index is 0. The van der Waals surface area contributed by atoms with Crippen LogP contribution in [0.25, 0.3) is 0 Å². The zero-order chi connectivity index (χ0) is 0. The molecule has 5 heavy (non-hydrogen) atoms. The summed E-state index contributed by atoms with van der Waals surface area (Å²) in [6, 6.07) is 0. The van der Waals surface area contributed by atoms with Crippen LogP contribution in [0.1, 0.15) is 0 Å². The quantitative estimate of drug-likeness (QED) is 0.470. The molecule has 5 heteroatoms. The summed E-state index contributed by atoms with van der Waals surface area (Å²) < 4.78 is 0. The van der Waals surface area contributed by atoms with E-state index in [1.807, 2.05) is 0 Å². The molecule has 0 atom stereocenters. The van der Waals surface area contributed by atoms with Crippen molar-refractivity contribution in [1.29, 1.82) is 0 Å². The molecule has 0 heterocycles. The summed E-state index contributed by atoms with van der Waals surface area (Å²) in [5, 5.41) is 0. The van der Waals surface area contributed by atoms with Gasteiger partial charge in [-0.25, -0.2) is 0 Å². The Balaban J connectivity index is 0. The van der Waals surface area contributed by atoms with Gasteiger partial charge in [0.1, 0.15) is 0 Å². The molecule has 0 saturated heterocycles. The maximum atomic E-state index is 0. The van der Waals surface area contributed by atoms with Crippen molar-refractivity contribution < 1.29 is 35.0 Å². The van der Waals surface area contributed by atoms with E-state index in [0.29, 0.717) is 0 Å². The van der Waals surface area contributed by atoms with Crippen LogP contribution >= 0.6 is 0 Å².